The second kappa shape index (κ2) is 6.33. The molecule has 5 rings (SSSR count). The van der Waals surface area contributed by atoms with Gasteiger partial charge < -0.3 is 9.80 Å². The molecule has 0 spiro atoms. The molecule has 7 nitrogen and oxygen atoms in total. The summed E-state index contributed by atoms with van der Waals surface area (Å²) < 4.78 is 1.84. The average molecular weight is 384 g/mol. The van der Waals surface area contributed by atoms with E-state index in [-0.39, 0.29) is 0 Å². The number of hydrogen-bond donors (Lipinski definition) is 0. The number of aromatic nitrogens is 5. The van der Waals surface area contributed by atoms with E-state index in [0.29, 0.717) is 0 Å². The normalized spacial score (nSPS) is 15.1. The zero-order chi connectivity index (χ0) is 17.5. The number of piperazine rings is 1. The van der Waals surface area contributed by atoms with Crippen LogP contribution < -0.4 is 9.80 Å². The highest BCUT2D eigenvalue weighted by atomic mass is 32.1. The van der Waals surface area contributed by atoms with E-state index >= 15 is 0 Å². The lowest BCUT2D eigenvalue weighted by Crippen LogP contribution is -2.47. The maximum atomic E-state index is 4.81. The van der Waals surface area contributed by atoms with Crippen LogP contribution in [0.2, 0.25) is 0 Å². The number of rotatable bonds is 3. The maximum Gasteiger partial charge on any atom is 0.186 e. The lowest BCUT2D eigenvalue weighted by atomic mass is 10.3. The Hall–Kier alpha value is -2.52. The molecule has 132 valence electrons. The number of aryl methyl sites for hydroxylation is 1. The Morgan fingerprint density at radius 3 is 2.54 bits per heavy atom. The minimum Gasteiger partial charge on any atom is -0.352 e. The van der Waals surface area contributed by atoms with E-state index in [2.05, 4.69) is 35.7 Å². The molecule has 0 bridgehead atoms. The van der Waals surface area contributed by atoms with Crippen LogP contribution in [0, 0.1) is 6.92 Å². The fourth-order valence-electron chi connectivity index (χ4n) is 3.13. The molecule has 0 radical (unpaired) electrons. The minimum absolute atomic E-state index is 0.770. The molecule has 0 unspecified atom stereocenters. The van der Waals surface area contributed by atoms with Crippen LogP contribution >= 0.6 is 22.7 Å². The Bertz CT molecular complexity index is 1030. The first-order valence-corrected chi connectivity index (χ1v) is 10.3. The van der Waals surface area contributed by atoms with Crippen molar-refractivity contribution >= 4 is 39.3 Å². The Morgan fingerprint density at radius 1 is 0.962 bits per heavy atom. The van der Waals surface area contributed by atoms with Crippen LogP contribution in [0.25, 0.3) is 17.0 Å². The van der Waals surface area contributed by atoms with Crippen LogP contribution in [0.4, 0.5) is 10.9 Å². The van der Waals surface area contributed by atoms with Gasteiger partial charge in [-0.25, -0.2) is 4.98 Å². The molecule has 0 atom stereocenters. The van der Waals surface area contributed by atoms with Gasteiger partial charge in [-0.3, -0.25) is 0 Å². The van der Waals surface area contributed by atoms with Gasteiger partial charge in [-0.05, 0) is 30.5 Å². The molecule has 0 aromatic carbocycles. The van der Waals surface area contributed by atoms with Gasteiger partial charge in [0.25, 0.3) is 0 Å². The summed E-state index contributed by atoms with van der Waals surface area (Å²) in [6.45, 7) is 5.79. The number of thiazole rings is 1. The van der Waals surface area contributed by atoms with Crippen molar-refractivity contribution in [3.63, 3.8) is 0 Å². The Labute approximate surface area is 158 Å². The number of hydrogen-bond acceptors (Lipinski definition) is 8. The van der Waals surface area contributed by atoms with Gasteiger partial charge in [-0.15, -0.1) is 26.6 Å². The van der Waals surface area contributed by atoms with Crippen molar-refractivity contribution < 1.29 is 0 Å². The Morgan fingerprint density at radius 2 is 1.81 bits per heavy atom. The summed E-state index contributed by atoms with van der Waals surface area (Å²) in [6, 6.07) is 6.07. The summed E-state index contributed by atoms with van der Waals surface area (Å²) in [7, 11) is 0. The minimum atomic E-state index is 0.770. The van der Waals surface area contributed by atoms with E-state index in [1.54, 1.807) is 22.7 Å². The highest BCUT2D eigenvalue weighted by Gasteiger charge is 2.21. The smallest absolute Gasteiger partial charge is 0.186 e. The molecule has 4 aromatic heterocycles. The van der Waals surface area contributed by atoms with Gasteiger partial charge in [0.2, 0.25) is 0 Å². The molecular weight excluding hydrogens is 366 g/mol. The predicted octanol–water partition coefficient (Wildman–Crippen LogP) is 2.94. The second-order valence-corrected chi connectivity index (χ2v) is 7.86. The fraction of sp³-hybridized carbons (Fsp3) is 0.294. The molecule has 1 saturated heterocycles. The number of nitrogens with zero attached hydrogens (tertiary/aromatic N) is 7. The van der Waals surface area contributed by atoms with Crippen LogP contribution in [0.15, 0.2) is 34.3 Å². The predicted molar refractivity (Wildman–Crippen MR) is 105 cm³/mol. The topological polar surface area (TPSA) is 62.5 Å². The summed E-state index contributed by atoms with van der Waals surface area (Å²) >= 11 is 3.37. The first-order chi connectivity index (χ1) is 12.8. The van der Waals surface area contributed by atoms with Crippen LogP contribution in [-0.2, 0) is 0 Å². The van der Waals surface area contributed by atoms with Crippen LogP contribution in [-0.4, -0.2) is 51.0 Å². The third kappa shape index (κ3) is 2.73. The number of thiophene rings is 1. The summed E-state index contributed by atoms with van der Waals surface area (Å²) in [4.78, 5) is 9.26. The molecule has 1 aliphatic heterocycles. The molecule has 0 saturated carbocycles. The summed E-state index contributed by atoms with van der Waals surface area (Å²) in [5, 5.41) is 20.7. The lowest BCUT2D eigenvalue weighted by molar-refractivity contribution is 0.640. The van der Waals surface area contributed by atoms with Gasteiger partial charge in [0, 0.05) is 42.5 Å². The van der Waals surface area contributed by atoms with Gasteiger partial charge >= 0.3 is 0 Å². The number of anilines is 2. The van der Waals surface area contributed by atoms with Gasteiger partial charge in [0.05, 0.1) is 5.69 Å². The lowest BCUT2D eigenvalue weighted by Gasteiger charge is -2.35. The largest absolute Gasteiger partial charge is 0.352 e. The Kier molecular flexibility index (Phi) is 3.83. The molecule has 5 heterocycles. The molecule has 4 aromatic rings. The SMILES string of the molecule is Cc1csc(N2CCN(c3ccc4nnc(-c5ccsc5)n4n3)CC2)n1. The van der Waals surface area contributed by atoms with Gasteiger partial charge in [-0.2, -0.15) is 15.9 Å². The van der Waals surface area contributed by atoms with Gasteiger partial charge in [0.1, 0.15) is 5.82 Å². The Balaban J connectivity index is 1.39. The first-order valence-electron chi connectivity index (χ1n) is 8.45. The summed E-state index contributed by atoms with van der Waals surface area (Å²) in [5.41, 5.74) is 2.91. The van der Waals surface area contributed by atoms with Gasteiger partial charge in [-0.1, -0.05) is 0 Å². The van der Waals surface area contributed by atoms with E-state index in [4.69, 9.17) is 5.10 Å². The monoisotopic (exact) mass is 383 g/mol. The zero-order valence-corrected chi connectivity index (χ0v) is 15.9. The highest BCUT2D eigenvalue weighted by Crippen LogP contribution is 2.24. The average Bonchev–Trinajstić information content (AvgIpc) is 3.41. The van der Waals surface area contributed by atoms with Crippen molar-refractivity contribution in [1.82, 2.24) is 24.8 Å². The molecular formula is C17H17N7S2. The zero-order valence-electron chi connectivity index (χ0n) is 14.2. The molecule has 26 heavy (non-hydrogen) atoms. The van der Waals surface area contributed by atoms with Crippen molar-refractivity contribution in [2.75, 3.05) is 36.0 Å². The van der Waals surface area contributed by atoms with E-state index in [1.807, 2.05) is 35.0 Å². The molecule has 0 N–H and O–H groups in total. The van der Waals surface area contributed by atoms with E-state index in [9.17, 15) is 0 Å². The van der Waals surface area contributed by atoms with Crippen molar-refractivity contribution in [2.24, 2.45) is 0 Å². The van der Waals surface area contributed by atoms with E-state index in [1.165, 1.54) is 0 Å². The van der Waals surface area contributed by atoms with Crippen molar-refractivity contribution in [3.8, 4) is 11.4 Å². The van der Waals surface area contributed by atoms with E-state index < -0.39 is 0 Å². The molecule has 0 amide bonds. The number of fused-ring (bicyclic) bond motifs is 1. The van der Waals surface area contributed by atoms with Crippen molar-refractivity contribution in [3.05, 3.63) is 40.0 Å². The molecule has 1 aliphatic rings. The molecule has 9 heteroatoms. The molecule has 0 aliphatic carbocycles. The quantitative estimate of drug-likeness (QED) is 0.542. The highest BCUT2D eigenvalue weighted by molar-refractivity contribution is 7.13. The van der Waals surface area contributed by atoms with Crippen molar-refractivity contribution in [2.45, 2.75) is 6.92 Å². The summed E-state index contributed by atoms with van der Waals surface area (Å²) in [5.74, 6) is 1.75. The van der Waals surface area contributed by atoms with Crippen LogP contribution in [0.3, 0.4) is 0 Å². The summed E-state index contributed by atoms with van der Waals surface area (Å²) in [6.07, 6.45) is 0. The van der Waals surface area contributed by atoms with Crippen molar-refractivity contribution in [1.29, 1.82) is 0 Å². The van der Waals surface area contributed by atoms with Crippen LogP contribution in [0.5, 0.6) is 0 Å². The third-order valence-corrected chi connectivity index (χ3v) is 6.21. The molecule has 1 fully saturated rings. The second-order valence-electron chi connectivity index (χ2n) is 6.24. The fourth-order valence-corrected chi connectivity index (χ4v) is 4.62. The standard InChI is InChI=1S/C17H17N7S2/c1-12-10-26-17(18-12)23-7-5-22(6-8-23)15-3-2-14-19-20-16(24(14)21-15)13-4-9-25-11-13/h2-4,9-11H,5-8H2,1H3. The van der Waals surface area contributed by atoms with Crippen LogP contribution in [0.1, 0.15) is 5.69 Å². The maximum absolute atomic E-state index is 4.81. The van der Waals surface area contributed by atoms with Gasteiger partial charge in [0.15, 0.2) is 16.6 Å². The van der Waals surface area contributed by atoms with E-state index in [0.717, 1.165) is 59.9 Å². The third-order valence-electron chi connectivity index (χ3n) is 4.51. The first kappa shape index (κ1) is 15.7.